The Bertz CT molecular complexity index is 745. The fraction of sp³-hybridized carbons (Fsp3) is 0.167. The molecule has 1 aromatic carbocycles. The van der Waals surface area contributed by atoms with E-state index in [1.54, 1.807) is 12.3 Å². The number of sulfonamides is 1. The number of thiazole rings is 1. The molecule has 0 aliphatic rings. The van der Waals surface area contributed by atoms with E-state index in [0.29, 0.717) is 0 Å². The summed E-state index contributed by atoms with van der Waals surface area (Å²) in [7, 11) is -4.06. The second kappa shape index (κ2) is 6.19. The van der Waals surface area contributed by atoms with Gasteiger partial charge in [0.25, 0.3) is 10.0 Å². The molecule has 2 rings (SSSR count). The van der Waals surface area contributed by atoms with E-state index in [4.69, 9.17) is 4.74 Å². The van der Waals surface area contributed by atoms with Crippen LogP contribution in [0.3, 0.4) is 0 Å². The SMILES string of the molecule is CCOC(=O)c1cc(F)ccc1S(=O)(=O)Nc1nccs1. The average Bonchev–Trinajstić information content (AvgIpc) is 2.90. The Morgan fingerprint density at radius 1 is 1.48 bits per heavy atom. The van der Waals surface area contributed by atoms with Crippen molar-refractivity contribution in [1.29, 1.82) is 0 Å². The largest absolute Gasteiger partial charge is 0.462 e. The fourth-order valence-electron chi connectivity index (χ4n) is 1.55. The third-order valence-electron chi connectivity index (χ3n) is 2.38. The van der Waals surface area contributed by atoms with Crippen molar-refractivity contribution < 1.29 is 22.3 Å². The van der Waals surface area contributed by atoms with E-state index in [-0.39, 0.29) is 22.2 Å². The van der Waals surface area contributed by atoms with Crippen molar-refractivity contribution in [2.75, 3.05) is 11.3 Å². The van der Waals surface area contributed by atoms with Gasteiger partial charge in [-0.25, -0.2) is 22.6 Å². The molecule has 0 saturated carbocycles. The zero-order valence-corrected chi connectivity index (χ0v) is 12.5. The normalized spacial score (nSPS) is 11.1. The molecule has 1 heterocycles. The number of rotatable bonds is 5. The van der Waals surface area contributed by atoms with Gasteiger partial charge in [-0.05, 0) is 25.1 Å². The molecule has 0 unspecified atom stereocenters. The second-order valence-electron chi connectivity index (χ2n) is 3.80. The Balaban J connectivity index is 2.45. The van der Waals surface area contributed by atoms with Crippen molar-refractivity contribution in [2.45, 2.75) is 11.8 Å². The maximum absolute atomic E-state index is 13.3. The molecule has 21 heavy (non-hydrogen) atoms. The van der Waals surface area contributed by atoms with E-state index in [0.717, 1.165) is 29.5 Å². The molecular formula is C12H11FN2O4S2. The maximum atomic E-state index is 13.3. The molecule has 0 fully saturated rings. The van der Waals surface area contributed by atoms with Crippen LogP contribution in [0.1, 0.15) is 17.3 Å². The van der Waals surface area contributed by atoms with Gasteiger partial charge in [-0.2, -0.15) is 0 Å². The molecule has 0 aliphatic heterocycles. The van der Waals surface area contributed by atoms with E-state index in [1.807, 2.05) is 0 Å². The lowest BCUT2D eigenvalue weighted by atomic mass is 10.2. The van der Waals surface area contributed by atoms with Gasteiger partial charge in [0, 0.05) is 11.6 Å². The van der Waals surface area contributed by atoms with Gasteiger partial charge >= 0.3 is 5.97 Å². The Morgan fingerprint density at radius 2 is 2.24 bits per heavy atom. The van der Waals surface area contributed by atoms with Gasteiger partial charge in [0.2, 0.25) is 0 Å². The Kier molecular flexibility index (Phi) is 4.53. The number of halogens is 1. The van der Waals surface area contributed by atoms with Crippen LogP contribution in [-0.4, -0.2) is 26.0 Å². The highest BCUT2D eigenvalue weighted by atomic mass is 32.2. The Hall–Kier alpha value is -2.00. The van der Waals surface area contributed by atoms with Crippen LogP contribution in [0.2, 0.25) is 0 Å². The molecular weight excluding hydrogens is 319 g/mol. The number of benzene rings is 1. The van der Waals surface area contributed by atoms with Crippen molar-refractivity contribution in [2.24, 2.45) is 0 Å². The first-order valence-corrected chi connectivity index (χ1v) is 8.19. The van der Waals surface area contributed by atoms with Crippen LogP contribution in [0.15, 0.2) is 34.7 Å². The van der Waals surface area contributed by atoms with Crippen LogP contribution in [0.25, 0.3) is 0 Å². The molecule has 6 nitrogen and oxygen atoms in total. The summed E-state index contributed by atoms with van der Waals surface area (Å²) in [6.07, 6.45) is 1.43. The average molecular weight is 330 g/mol. The number of esters is 1. The zero-order chi connectivity index (χ0) is 15.5. The van der Waals surface area contributed by atoms with Crippen LogP contribution in [0.4, 0.5) is 9.52 Å². The number of ether oxygens (including phenoxy) is 1. The third-order valence-corrected chi connectivity index (χ3v) is 4.60. The predicted octanol–water partition coefficient (Wildman–Crippen LogP) is 2.26. The fourth-order valence-corrected chi connectivity index (χ4v) is 3.51. The standard InChI is InChI=1S/C12H11FN2O4S2/c1-2-19-11(16)9-7-8(13)3-4-10(9)21(17,18)15-12-14-5-6-20-12/h3-7H,2H2,1H3,(H,14,15). The van der Waals surface area contributed by atoms with Gasteiger partial charge in [0.15, 0.2) is 5.13 Å². The molecule has 0 radical (unpaired) electrons. The summed E-state index contributed by atoms with van der Waals surface area (Å²) in [4.78, 5) is 15.2. The van der Waals surface area contributed by atoms with Crippen molar-refractivity contribution in [3.8, 4) is 0 Å². The van der Waals surface area contributed by atoms with E-state index < -0.39 is 21.8 Å². The lowest BCUT2D eigenvalue weighted by Crippen LogP contribution is -2.18. The molecule has 0 atom stereocenters. The molecule has 0 spiro atoms. The number of aromatic nitrogens is 1. The molecule has 1 N–H and O–H groups in total. The monoisotopic (exact) mass is 330 g/mol. The third kappa shape index (κ3) is 3.56. The number of anilines is 1. The Morgan fingerprint density at radius 3 is 2.86 bits per heavy atom. The van der Waals surface area contributed by atoms with E-state index in [2.05, 4.69) is 9.71 Å². The zero-order valence-electron chi connectivity index (χ0n) is 10.9. The minimum Gasteiger partial charge on any atom is -0.462 e. The smallest absolute Gasteiger partial charge is 0.339 e. The first-order valence-electron chi connectivity index (χ1n) is 5.83. The van der Waals surface area contributed by atoms with Gasteiger partial charge in [0.1, 0.15) is 10.7 Å². The molecule has 0 aliphatic carbocycles. The summed E-state index contributed by atoms with van der Waals surface area (Å²) in [5.41, 5.74) is -0.360. The van der Waals surface area contributed by atoms with Crippen molar-refractivity contribution >= 4 is 32.5 Å². The van der Waals surface area contributed by atoms with E-state index >= 15 is 0 Å². The topological polar surface area (TPSA) is 85.4 Å². The lowest BCUT2D eigenvalue weighted by Gasteiger charge is -2.10. The van der Waals surface area contributed by atoms with E-state index in [1.165, 1.54) is 6.20 Å². The summed E-state index contributed by atoms with van der Waals surface area (Å²) >= 11 is 1.08. The summed E-state index contributed by atoms with van der Waals surface area (Å²) in [6.45, 7) is 1.62. The number of hydrogen-bond donors (Lipinski definition) is 1. The van der Waals surface area contributed by atoms with Crippen molar-refractivity contribution in [3.63, 3.8) is 0 Å². The summed E-state index contributed by atoms with van der Waals surface area (Å²) in [5.74, 6) is -1.64. The Labute approximate surface area is 124 Å². The van der Waals surface area contributed by atoms with Crippen LogP contribution in [0, 0.1) is 5.82 Å². The molecule has 2 aromatic rings. The minimum absolute atomic E-state index is 0.0503. The number of hydrogen-bond acceptors (Lipinski definition) is 6. The van der Waals surface area contributed by atoms with Gasteiger partial charge in [-0.1, -0.05) is 0 Å². The lowest BCUT2D eigenvalue weighted by molar-refractivity contribution is 0.0521. The molecule has 0 saturated heterocycles. The first-order chi connectivity index (χ1) is 9.94. The minimum atomic E-state index is -4.06. The molecule has 1 aromatic heterocycles. The number of carbonyl (C=O) groups is 1. The van der Waals surface area contributed by atoms with Gasteiger partial charge in [-0.3, -0.25) is 4.72 Å². The highest BCUT2D eigenvalue weighted by molar-refractivity contribution is 7.93. The first kappa shape index (κ1) is 15.4. The van der Waals surface area contributed by atoms with Crippen LogP contribution < -0.4 is 4.72 Å². The van der Waals surface area contributed by atoms with Crippen LogP contribution in [0.5, 0.6) is 0 Å². The summed E-state index contributed by atoms with van der Waals surface area (Å²) in [5, 5.41) is 1.74. The highest BCUT2D eigenvalue weighted by Crippen LogP contribution is 2.22. The molecule has 0 amide bonds. The van der Waals surface area contributed by atoms with Gasteiger partial charge in [0.05, 0.1) is 12.2 Å². The molecule has 9 heteroatoms. The second-order valence-corrected chi connectivity index (χ2v) is 6.35. The van der Waals surface area contributed by atoms with Gasteiger partial charge in [-0.15, -0.1) is 11.3 Å². The van der Waals surface area contributed by atoms with Gasteiger partial charge < -0.3 is 4.74 Å². The number of carbonyl (C=O) groups excluding carboxylic acids is 1. The predicted molar refractivity (Wildman–Crippen MR) is 75.3 cm³/mol. The quantitative estimate of drug-likeness (QED) is 0.850. The van der Waals surface area contributed by atoms with Crippen molar-refractivity contribution in [1.82, 2.24) is 4.98 Å². The highest BCUT2D eigenvalue weighted by Gasteiger charge is 2.24. The maximum Gasteiger partial charge on any atom is 0.339 e. The van der Waals surface area contributed by atoms with Crippen LogP contribution >= 0.6 is 11.3 Å². The van der Waals surface area contributed by atoms with E-state index in [9.17, 15) is 17.6 Å². The molecule has 112 valence electrons. The molecule has 0 bridgehead atoms. The number of nitrogens with one attached hydrogen (secondary N) is 1. The summed E-state index contributed by atoms with van der Waals surface area (Å²) in [6, 6.07) is 2.80. The number of nitrogens with zero attached hydrogens (tertiary/aromatic N) is 1. The van der Waals surface area contributed by atoms with Crippen LogP contribution in [-0.2, 0) is 14.8 Å². The summed E-state index contributed by atoms with van der Waals surface area (Å²) < 4.78 is 44.8. The van der Waals surface area contributed by atoms with Crippen molar-refractivity contribution in [3.05, 3.63) is 41.2 Å².